The predicted molar refractivity (Wildman–Crippen MR) is 49.7 cm³/mol. The predicted octanol–water partition coefficient (Wildman–Crippen LogP) is 0.176. The van der Waals surface area contributed by atoms with E-state index < -0.39 is 24.0 Å². The highest BCUT2D eigenvalue weighted by atomic mass is 19.1. The molecule has 0 aliphatic rings. The van der Waals surface area contributed by atoms with Gasteiger partial charge in [0.15, 0.2) is 6.10 Å². The van der Waals surface area contributed by atoms with Gasteiger partial charge in [-0.15, -0.1) is 0 Å². The lowest BCUT2D eigenvalue weighted by Crippen LogP contribution is -2.27. The van der Waals surface area contributed by atoms with E-state index in [1.807, 2.05) is 0 Å². The molecule has 2 unspecified atom stereocenters. The van der Waals surface area contributed by atoms with E-state index in [2.05, 4.69) is 0 Å². The van der Waals surface area contributed by atoms with Crippen LogP contribution in [-0.4, -0.2) is 27.4 Å². The molecule has 3 N–H and O–H groups in total. The number of nitrogens with zero attached hydrogens (tertiary/aromatic N) is 1. The van der Waals surface area contributed by atoms with Crippen molar-refractivity contribution >= 4 is 5.97 Å². The molecule has 1 aromatic carbocycles. The molecule has 0 saturated heterocycles. The molecule has 16 heavy (non-hydrogen) atoms. The molecule has 0 aromatic heterocycles. The number of hydrogen-bond donors (Lipinski definition) is 3. The van der Waals surface area contributed by atoms with Gasteiger partial charge in [0.25, 0.3) is 0 Å². The number of benzene rings is 1. The molecule has 84 valence electrons. The molecule has 0 saturated carbocycles. The van der Waals surface area contributed by atoms with Gasteiger partial charge in [0, 0.05) is 0 Å². The third-order valence-electron chi connectivity index (χ3n) is 2.00. The summed E-state index contributed by atoms with van der Waals surface area (Å²) in [7, 11) is 0. The number of rotatable bonds is 3. The lowest BCUT2D eigenvalue weighted by atomic mass is 10.0. The summed E-state index contributed by atoms with van der Waals surface area (Å²) in [5, 5.41) is 35.4. The maximum Gasteiger partial charge on any atom is 0.335 e. The van der Waals surface area contributed by atoms with E-state index in [1.54, 1.807) is 6.07 Å². The number of carboxylic acids is 1. The van der Waals surface area contributed by atoms with Gasteiger partial charge in [-0.05, 0) is 17.7 Å². The van der Waals surface area contributed by atoms with Crippen molar-refractivity contribution in [3.8, 4) is 6.07 Å². The zero-order valence-corrected chi connectivity index (χ0v) is 7.96. The van der Waals surface area contributed by atoms with Crippen LogP contribution in [0.15, 0.2) is 18.2 Å². The SMILES string of the molecule is N#Cc1cc(C(O)C(O)C(=O)O)ccc1F. The summed E-state index contributed by atoms with van der Waals surface area (Å²) >= 11 is 0. The fourth-order valence-electron chi connectivity index (χ4n) is 1.13. The minimum atomic E-state index is -2.02. The van der Waals surface area contributed by atoms with E-state index in [0.717, 1.165) is 18.2 Å². The summed E-state index contributed by atoms with van der Waals surface area (Å²) in [6.07, 6.45) is -3.72. The van der Waals surface area contributed by atoms with Crippen LogP contribution in [0.5, 0.6) is 0 Å². The lowest BCUT2D eigenvalue weighted by Gasteiger charge is -2.14. The molecule has 1 rings (SSSR count). The van der Waals surface area contributed by atoms with Crippen LogP contribution in [0.2, 0.25) is 0 Å². The Morgan fingerprint density at radius 3 is 2.56 bits per heavy atom. The monoisotopic (exact) mass is 225 g/mol. The molecule has 0 bridgehead atoms. The maximum absolute atomic E-state index is 12.9. The highest BCUT2D eigenvalue weighted by Gasteiger charge is 2.25. The molecule has 2 atom stereocenters. The number of nitriles is 1. The van der Waals surface area contributed by atoms with Crippen LogP contribution in [0.3, 0.4) is 0 Å². The van der Waals surface area contributed by atoms with E-state index >= 15 is 0 Å². The molecule has 0 spiro atoms. The summed E-state index contributed by atoms with van der Waals surface area (Å²) in [6, 6.07) is 4.56. The Labute approximate surface area is 90.0 Å². The van der Waals surface area contributed by atoms with Gasteiger partial charge in [-0.1, -0.05) is 6.07 Å². The molecule has 0 heterocycles. The maximum atomic E-state index is 12.9. The number of carboxylic acid groups (broad SMARTS) is 1. The topological polar surface area (TPSA) is 102 Å². The minimum absolute atomic E-state index is 0.0344. The van der Waals surface area contributed by atoms with E-state index in [0.29, 0.717) is 0 Å². The van der Waals surface area contributed by atoms with Crippen molar-refractivity contribution < 1.29 is 24.5 Å². The third-order valence-corrected chi connectivity index (χ3v) is 2.00. The Morgan fingerprint density at radius 1 is 1.44 bits per heavy atom. The van der Waals surface area contributed by atoms with Crippen LogP contribution < -0.4 is 0 Å². The van der Waals surface area contributed by atoms with Gasteiger partial charge in [0.1, 0.15) is 18.0 Å². The first-order valence-electron chi connectivity index (χ1n) is 4.26. The number of aliphatic carboxylic acids is 1. The fraction of sp³-hybridized carbons (Fsp3) is 0.200. The Kier molecular flexibility index (Phi) is 3.55. The number of aliphatic hydroxyl groups is 2. The van der Waals surface area contributed by atoms with E-state index in [-0.39, 0.29) is 11.1 Å². The Balaban J connectivity index is 3.06. The minimum Gasteiger partial charge on any atom is -0.479 e. The molecular formula is C10H8FNO4. The Hall–Kier alpha value is -1.97. The second-order valence-corrected chi connectivity index (χ2v) is 3.08. The average molecular weight is 225 g/mol. The summed E-state index contributed by atoms with van der Waals surface area (Å²) in [5.74, 6) is -2.38. The van der Waals surface area contributed by atoms with Crippen molar-refractivity contribution in [2.24, 2.45) is 0 Å². The zero-order valence-electron chi connectivity index (χ0n) is 7.96. The Bertz CT molecular complexity index is 455. The van der Waals surface area contributed by atoms with Crippen LogP contribution in [0, 0.1) is 17.1 Å². The summed E-state index contributed by atoms with van der Waals surface area (Å²) in [4.78, 5) is 10.4. The first kappa shape index (κ1) is 12.1. The lowest BCUT2D eigenvalue weighted by molar-refractivity contribution is -0.153. The highest BCUT2D eigenvalue weighted by molar-refractivity contribution is 5.73. The van der Waals surface area contributed by atoms with Gasteiger partial charge >= 0.3 is 5.97 Å². The molecule has 6 heteroatoms. The normalized spacial score (nSPS) is 13.9. The second kappa shape index (κ2) is 4.70. The van der Waals surface area contributed by atoms with E-state index in [4.69, 9.17) is 15.5 Å². The van der Waals surface area contributed by atoms with Gasteiger partial charge in [0.05, 0.1) is 5.56 Å². The van der Waals surface area contributed by atoms with Crippen LogP contribution in [-0.2, 0) is 4.79 Å². The first-order chi connectivity index (χ1) is 7.47. The van der Waals surface area contributed by atoms with E-state index in [1.165, 1.54) is 0 Å². The van der Waals surface area contributed by atoms with Gasteiger partial charge in [-0.25, -0.2) is 9.18 Å². The van der Waals surface area contributed by atoms with Gasteiger partial charge in [0.2, 0.25) is 0 Å². The van der Waals surface area contributed by atoms with Crippen LogP contribution in [0.25, 0.3) is 0 Å². The van der Waals surface area contributed by atoms with Crippen molar-refractivity contribution in [3.63, 3.8) is 0 Å². The molecule has 0 fully saturated rings. The quantitative estimate of drug-likeness (QED) is 0.680. The molecule has 0 aliphatic heterocycles. The smallest absolute Gasteiger partial charge is 0.335 e. The number of halogens is 1. The third kappa shape index (κ3) is 2.34. The van der Waals surface area contributed by atoms with Crippen LogP contribution in [0.1, 0.15) is 17.2 Å². The van der Waals surface area contributed by atoms with Crippen molar-refractivity contribution in [2.75, 3.05) is 0 Å². The van der Waals surface area contributed by atoms with Gasteiger partial charge in [-0.3, -0.25) is 0 Å². The zero-order chi connectivity index (χ0) is 12.3. The molecule has 5 nitrogen and oxygen atoms in total. The van der Waals surface area contributed by atoms with Gasteiger partial charge in [-0.2, -0.15) is 5.26 Å². The number of carbonyl (C=O) groups is 1. The molecule has 1 aromatic rings. The largest absolute Gasteiger partial charge is 0.479 e. The highest BCUT2D eigenvalue weighted by Crippen LogP contribution is 2.19. The molecule has 0 amide bonds. The fourth-order valence-corrected chi connectivity index (χ4v) is 1.13. The standard InChI is InChI=1S/C10H8FNO4/c11-7-2-1-5(3-6(7)4-12)8(13)9(14)10(15)16/h1-3,8-9,13-14H,(H,15,16). The van der Waals surface area contributed by atoms with Crippen molar-refractivity contribution in [1.82, 2.24) is 0 Å². The summed E-state index contributed by atoms with van der Waals surface area (Å²) in [5.41, 5.74) is -0.359. The molecule has 0 aliphatic carbocycles. The summed E-state index contributed by atoms with van der Waals surface area (Å²) < 4.78 is 12.9. The second-order valence-electron chi connectivity index (χ2n) is 3.08. The van der Waals surface area contributed by atoms with Crippen molar-refractivity contribution in [1.29, 1.82) is 5.26 Å². The van der Waals surface area contributed by atoms with Crippen LogP contribution >= 0.6 is 0 Å². The Morgan fingerprint density at radius 2 is 2.06 bits per heavy atom. The molecular weight excluding hydrogens is 217 g/mol. The number of hydrogen-bond acceptors (Lipinski definition) is 4. The van der Waals surface area contributed by atoms with Crippen molar-refractivity contribution in [3.05, 3.63) is 35.1 Å². The first-order valence-corrected chi connectivity index (χ1v) is 4.26. The van der Waals surface area contributed by atoms with Crippen molar-refractivity contribution in [2.45, 2.75) is 12.2 Å². The van der Waals surface area contributed by atoms with Gasteiger partial charge < -0.3 is 15.3 Å². The molecule has 0 radical (unpaired) electrons. The number of aliphatic hydroxyl groups excluding tert-OH is 2. The average Bonchev–Trinajstić information content (AvgIpc) is 2.27. The van der Waals surface area contributed by atoms with Crippen LogP contribution in [0.4, 0.5) is 4.39 Å². The summed E-state index contributed by atoms with van der Waals surface area (Å²) in [6.45, 7) is 0. The van der Waals surface area contributed by atoms with E-state index in [9.17, 15) is 14.3 Å².